The van der Waals surface area contributed by atoms with Crippen LogP contribution in [0, 0.1) is 6.92 Å². The molecule has 0 fully saturated rings. The van der Waals surface area contributed by atoms with Gasteiger partial charge in [0.25, 0.3) is 5.91 Å². The second-order valence-corrected chi connectivity index (χ2v) is 8.36. The zero-order valence-corrected chi connectivity index (χ0v) is 19.4. The lowest BCUT2D eigenvalue weighted by Gasteiger charge is -2.23. The highest BCUT2D eigenvalue weighted by atomic mass is 16.5. The molecule has 0 aliphatic heterocycles. The van der Waals surface area contributed by atoms with Crippen molar-refractivity contribution in [2.75, 3.05) is 7.11 Å². The predicted molar refractivity (Wildman–Crippen MR) is 127 cm³/mol. The number of amides is 1. The highest BCUT2D eigenvalue weighted by molar-refractivity contribution is 5.84. The molecule has 1 amide bonds. The number of hydrogen-bond acceptors (Lipinski definition) is 3. The van der Waals surface area contributed by atoms with E-state index in [1.165, 1.54) is 0 Å². The van der Waals surface area contributed by atoms with Gasteiger partial charge in [-0.1, -0.05) is 51.1 Å². The van der Waals surface area contributed by atoms with Crippen LogP contribution in [0.3, 0.4) is 0 Å². The maximum Gasteiger partial charge on any atom is 0.261 e. The summed E-state index contributed by atoms with van der Waals surface area (Å²) < 4.78 is 11.6. The van der Waals surface area contributed by atoms with Crippen molar-refractivity contribution in [2.45, 2.75) is 59.1 Å². The first-order chi connectivity index (χ1) is 14.8. The summed E-state index contributed by atoms with van der Waals surface area (Å²) >= 11 is 0. The number of rotatable bonds is 8. The van der Waals surface area contributed by atoms with Crippen molar-refractivity contribution < 1.29 is 14.3 Å². The fraction of sp³-hybridized carbons (Fsp3) is 0.370. The minimum Gasteiger partial charge on any atom is -0.496 e. The first-order valence-corrected chi connectivity index (χ1v) is 11.0. The molecule has 164 valence electrons. The Labute approximate surface area is 185 Å². The van der Waals surface area contributed by atoms with Crippen LogP contribution in [0.2, 0.25) is 0 Å². The van der Waals surface area contributed by atoms with E-state index in [9.17, 15) is 4.79 Å². The van der Waals surface area contributed by atoms with E-state index in [0.29, 0.717) is 18.1 Å². The number of methoxy groups -OCH3 is 1. The van der Waals surface area contributed by atoms with Crippen molar-refractivity contribution in [1.82, 2.24) is 5.32 Å². The summed E-state index contributed by atoms with van der Waals surface area (Å²) in [5, 5.41) is 5.39. The second-order valence-electron chi connectivity index (χ2n) is 8.36. The van der Waals surface area contributed by atoms with Gasteiger partial charge in [0.1, 0.15) is 11.5 Å². The highest BCUT2D eigenvalue weighted by Crippen LogP contribution is 2.32. The van der Waals surface area contributed by atoms with Crippen molar-refractivity contribution in [3.63, 3.8) is 0 Å². The summed E-state index contributed by atoms with van der Waals surface area (Å²) in [7, 11) is 1.70. The number of hydrogen-bond donors (Lipinski definition) is 1. The van der Waals surface area contributed by atoms with E-state index in [1.807, 2.05) is 57.2 Å². The number of nitrogens with one attached hydrogen (secondary N) is 1. The van der Waals surface area contributed by atoms with Gasteiger partial charge >= 0.3 is 0 Å². The molecular formula is C27H33NO3. The number of fused-ring (bicyclic) bond motifs is 1. The predicted octanol–water partition coefficient (Wildman–Crippen LogP) is 6.32. The molecule has 0 saturated carbocycles. The van der Waals surface area contributed by atoms with Gasteiger partial charge in [0, 0.05) is 0 Å². The van der Waals surface area contributed by atoms with Crippen LogP contribution in [-0.4, -0.2) is 19.1 Å². The Morgan fingerprint density at radius 1 is 0.968 bits per heavy atom. The molecule has 4 nitrogen and oxygen atoms in total. The monoisotopic (exact) mass is 419 g/mol. The molecule has 2 atom stereocenters. The van der Waals surface area contributed by atoms with Crippen molar-refractivity contribution in [3.8, 4) is 11.5 Å². The molecule has 0 spiro atoms. The Morgan fingerprint density at radius 2 is 1.68 bits per heavy atom. The highest BCUT2D eigenvalue weighted by Gasteiger charge is 2.22. The lowest BCUT2D eigenvalue weighted by Crippen LogP contribution is -2.39. The molecule has 0 unspecified atom stereocenters. The van der Waals surface area contributed by atoms with Crippen LogP contribution >= 0.6 is 0 Å². The van der Waals surface area contributed by atoms with Crippen LogP contribution in [0.1, 0.15) is 62.8 Å². The number of carbonyl (C=O) groups excluding carboxylic acids is 1. The van der Waals surface area contributed by atoms with Crippen molar-refractivity contribution >= 4 is 16.7 Å². The van der Waals surface area contributed by atoms with Gasteiger partial charge < -0.3 is 14.8 Å². The minimum atomic E-state index is -0.549. The third-order valence-corrected chi connectivity index (χ3v) is 5.73. The third kappa shape index (κ3) is 5.19. The average molecular weight is 420 g/mol. The lowest BCUT2D eigenvalue weighted by molar-refractivity contribution is -0.128. The molecular weight excluding hydrogens is 386 g/mol. The topological polar surface area (TPSA) is 47.6 Å². The summed E-state index contributed by atoms with van der Waals surface area (Å²) in [5.41, 5.74) is 3.33. The Morgan fingerprint density at radius 3 is 2.32 bits per heavy atom. The van der Waals surface area contributed by atoms with E-state index >= 15 is 0 Å². The van der Waals surface area contributed by atoms with Crippen LogP contribution in [0.15, 0.2) is 54.6 Å². The molecule has 0 saturated heterocycles. The van der Waals surface area contributed by atoms with Gasteiger partial charge in [-0.2, -0.15) is 0 Å². The van der Waals surface area contributed by atoms with E-state index in [4.69, 9.17) is 9.47 Å². The summed E-state index contributed by atoms with van der Waals surface area (Å²) in [4.78, 5) is 13.0. The quantitative estimate of drug-likeness (QED) is 0.465. The van der Waals surface area contributed by atoms with E-state index in [-0.39, 0.29) is 11.9 Å². The third-order valence-electron chi connectivity index (χ3n) is 5.73. The maximum absolute atomic E-state index is 13.0. The Hall–Kier alpha value is -3.01. The molecule has 3 rings (SSSR count). The molecule has 3 aromatic carbocycles. The fourth-order valence-electron chi connectivity index (χ4n) is 3.92. The van der Waals surface area contributed by atoms with Crippen molar-refractivity contribution in [1.29, 1.82) is 0 Å². The smallest absolute Gasteiger partial charge is 0.261 e. The standard InChI is InChI=1S/C27H33NO3/c1-7-25(31-22-13-12-20-10-8-9-11-21(20)15-22)27(29)28-19(5)24-16-23(17(2)3)26(30-6)14-18(24)4/h8-17,19,25H,7H2,1-6H3,(H,28,29)/t19-,25+/m0/s1. The SMILES string of the molecule is CC[C@@H](Oc1ccc2ccccc2c1)C(=O)N[C@@H](C)c1cc(C(C)C)c(OC)cc1C. The van der Waals surface area contributed by atoms with E-state index < -0.39 is 6.10 Å². The number of carbonyl (C=O) groups is 1. The molecule has 0 aliphatic carbocycles. The molecule has 0 aromatic heterocycles. The fourth-order valence-corrected chi connectivity index (χ4v) is 3.92. The first-order valence-electron chi connectivity index (χ1n) is 11.0. The van der Waals surface area contributed by atoms with Gasteiger partial charge in [-0.05, 0) is 77.9 Å². The average Bonchev–Trinajstić information content (AvgIpc) is 2.76. The normalized spacial score (nSPS) is 13.1. The molecule has 1 N–H and O–H groups in total. The Kier molecular flexibility index (Phi) is 7.21. The molecule has 0 heterocycles. The summed E-state index contributed by atoms with van der Waals surface area (Å²) in [5.74, 6) is 1.82. The Bertz CT molecular complexity index is 1060. The molecule has 0 radical (unpaired) electrons. The van der Waals surface area contributed by atoms with Crippen molar-refractivity contribution in [2.24, 2.45) is 0 Å². The molecule has 0 bridgehead atoms. The van der Waals surface area contributed by atoms with Gasteiger partial charge in [0.2, 0.25) is 0 Å². The zero-order chi connectivity index (χ0) is 22.5. The number of benzene rings is 3. The molecule has 31 heavy (non-hydrogen) atoms. The van der Waals surface area contributed by atoms with Crippen LogP contribution in [-0.2, 0) is 4.79 Å². The first kappa shape index (κ1) is 22.7. The zero-order valence-electron chi connectivity index (χ0n) is 19.4. The Balaban J connectivity index is 1.76. The van der Waals surface area contributed by atoms with Gasteiger partial charge in [0.15, 0.2) is 6.10 Å². The number of aryl methyl sites for hydroxylation is 1. The van der Waals surface area contributed by atoms with E-state index in [0.717, 1.165) is 33.2 Å². The van der Waals surface area contributed by atoms with E-state index in [2.05, 4.69) is 37.4 Å². The largest absolute Gasteiger partial charge is 0.496 e. The molecule has 3 aromatic rings. The van der Waals surface area contributed by atoms with E-state index in [1.54, 1.807) is 7.11 Å². The van der Waals surface area contributed by atoms with Crippen LogP contribution in [0.5, 0.6) is 11.5 Å². The minimum absolute atomic E-state index is 0.107. The summed E-state index contributed by atoms with van der Waals surface area (Å²) in [6, 6.07) is 18.1. The lowest BCUT2D eigenvalue weighted by atomic mass is 9.93. The summed E-state index contributed by atoms with van der Waals surface area (Å²) in [6.07, 6.45) is 0.0382. The van der Waals surface area contributed by atoms with Gasteiger partial charge in [0.05, 0.1) is 13.2 Å². The summed E-state index contributed by atoms with van der Waals surface area (Å²) in [6.45, 7) is 10.3. The van der Waals surface area contributed by atoms with Gasteiger partial charge in [-0.3, -0.25) is 4.79 Å². The van der Waals surface area contributed by atoms with Gasteiger partial charge in [-0.15, -0.1) is 0 Å². The molecule has 4 heteroatoms. The van der Waals surface area contributed by atoms with Crippen LogP contribution in [0.4, 0.5) is 0 Å². The van der Waals surface area contributed by atoms with Gasteiger partial charge in [-0.25, -0.2) is 0 Å². The second kappa shape index (κ2) is 9.86. The maximum atomic E-state index is 13.0. The van der Waals surface area contributed by atoms with Crippen LogP contribution in [0.25, 0.3) is 10.8 Å². The number of ether oxygens (including phenoxy) is 2. The van der Waals surface area contributed by atoms with Crippen molar-refractivity contribution in [3.05, 3.63) is 71.3 Å². The van der Waals surface area contributed by atoms with Crippen LogP contribution < -0.4 is 14.8 Å². The molecule has 0 aliphatic rings.